The van der Waals surface area contributed by atoms with Crippen molar-refractivity contribution in [2.75, 3.05) is 9.62 Å². The Labute approximate surface area is 169 Å². The number of nitrogens with zero attached hydrogens (tertiary/aromatic N) is 3. The highest BCUT2D eigenvalue weighted by Gasteiger charge is 2.25. The highest BCUT2D eigenvalue weighted by molar-refractivity contribution is 7.91. The molecule has 29 heavy (non-hydrogen) atoms. The average molecular weight is 411 g/mol. The van der Waals surface area contributed by atoms with Crippen molar-refractivity contribution in [3.8, 4) is 0 Å². The van der Waals surface area contributed by atoms with E-state index in [1.165, 1.54) is 0 Å². The highest BCUT2D eigenvalue weighted by atomic mass is 32.2. The van der Waals surface area contributed by atoms with Gasteiger partial charge in [-0.3, -0.25) is 5.32 Å². The summed E-state index contributed by atoms with van der Waals surface area (Å²) in [6.07, 6.45) is 0. The van der Waals surface area contributed by atoms with Gasteiger partial charge in [-0.1, -0.05) is 48.5 Å². The standard InChI is InChI=1S/C20H21N5O3S/c1-15-13-16(2)22-19(21-15)23-20(26)24-29(27,28)25(18-11-7-4-8-12-18)14-17-9-5-3-6-10-17/h3-13H,14H2,1-2H3,(H2,21,22,23,24,26). The molecule has 0 saturated heterocycles. The van der Waals surface area contributed by atoms with Gasteiger partial charge in [0.25, 0.3) is 0 Å². The molecule has 0 aliphatic heterocycles. The van der Waals surface area contributed by atoms with Crippen LogP contribution in [0, 0.1) is 13.8 Å². The Morgan fingerprint density at radius 3 is 2.07 bits per heavy atom. The van der Waals surface area contributed by atoms with E-state index in [1.54, 1.807) is 50.2 Å². The number of amides is 2. The van der Waals surface area contributed by atoms with Gasteiger partial charge in [0.2, 0.25) is 5.95 Å². The number of urea groups is 1. The molecular formula is C20H21N5O3S. The molecule has 0 fully saturated rings. The molecule has 2 N–H and O–H groups in total. The van der Waals surface area contributed by atoms with E-state index in [9.17, 15) is 13.2 Å². The maximum Gasteiger partial charge on any atom is 0.336 e. The van der Waals surface area contributed by atoms with Crippen LogP contribution in [0.25, 0.3) is 0 Å². The summed E-state index contributed by atoms with van der Waals surface area (Å²) in [6.45, 7) is 3.57. The third-order valence-corrected chi connectivity index (χ3v) is 5.30. The SMILES string of the molecule is Cc1cc(C)nc(NC(=O)NS(=O)(=O)N(Cc2ccccc2)c2ccccc2)n1. The van der Waals surface area contributed by atoms with E-state index in [0.29, 0.717) is 17.1 Å². The molecule has 0 unspecified atom stereocenters. The minimum atomic E-state index is -4.20. The highest BCUT2D eigenvalue weighted by Crippen LogP contribution is 2.20. The molecule has 3 aromatic rings. The molecule has 0 bridgehead atoms. The maximum atomic E-state index is 13.0. The van der Waals surface area contributed by atoms with Crippen LogP contribution in [-0.4, -0.2) is 24.4 Å². The molecule has 2 amide bonds. The Hall–Kier alpha value is -3.46. The second kappa shape index (κ2) is 8.70. The number of hydrogen-bond donors (Lipinski definition) is 2. The Bertz CT molecular complexity index is 1070. The topological polar surface area (TPSA) is 104 Å². The number of hydrogen-bond acceptors (Lipinski definition) is 5. The van der Waals surface area contributed by atoms with Gasteiger partial charge in [0.15, 0.2) is 0 Å². The number of aryl methyl sites for hydroxylation is 2. The van der Waals surface area contributed by atoms with E-state index < -0.39 is 16.2 Å². The summed E-state index contributed by atoms with van der Waals surface area (Å²) >= 11 is 0. The van der Waals surface area contributed by atoms with Crippen molar-refractivity contribution < 1.29 is 13.2 Å². The van der Waals surface area contributed by atoms with Crippen LogP contribution in [0.15, 0.2) is 66.7 Å². The lowest BCUT2D eigenvalue weighted by Gasteiger charge is -2.24. The minimum Gasteiger partial charge on any atom is -0.275 e. The smallest absolute Gasteiger partial charge is 0.275 e. The lowest BCUT2D eigenvalue weighted by Crippen LogP contribution is -2.45. The Morgan fingerprint density at radius 1 is 0.931 bits per heavy atom. The van der Waals surface area contributed by atoms with Crippen LogP contribution in [-0.2, 0) is 16.8 Å². The van der Waals surface area contributed by atoms with Crippen molar-refractivity contribution in [2.45, 2.75) is 20.4 Å². The fourth-order valence-corrected chi connectivity index (χ4v) is 3.85. The molecule has 3 rings (SSSR count). The zero-order chi connectivity index (χ0) is 20.9. The number of anilines is 2. The third kappa shape index (κ3) is 5.52. The van der Waals surface area contributed by atoms with Gasteiger partial charge in [0, 0.05) is 11.4 Å². The molecular weight excluding hydrogens is 390 g/mol. The molecule has 2 aromatic carbocycles. The van der Waals surface area contributed by atoms with Crippen LogP contribution in [0.4, 0.5) is 16.4 Å². The van der Waals surface area contributed by atoms with E-state index in [-0.39, 0.29) is 12.5 Å². The van der Waals surface area contributed by atoms with Crippen LogP contribution in [0.3, 0.4) is 0 Å². The van der Waals surface area contributed by atoms with Gasteiger partial charge in [-0.05, 0) is 37.6 Å². The number of nitrogens with one attached hydrogen (secondary N) is 2. The number of aromatic nitrogens is 2. The van der Waals surface area contributed by atoms with Gasteiger partial charge in [-0.25, -0.2) is 23.8 Å². The molecule has 0 atom stereocenters. The van der Waals surface area contributed by atoms with Crippen LogP contribution in [0.1, 0.15) is 17.0 Å². The molecule has 0 aliphatic rings. The van der Waals surface area contributed by atoms with Gasteiger partial charge < -0.3 is 0 Å². The monoisotopic (exact) mass is 411 g/mol. The Kier molecular flexibility index (Phi) is 6.08. The van der Waals surface area contributed by atoms with Crippen molar-refractivity contribution in [1.82, 2.24) is 14.7 Å². The summed E-state index contributed by atoms with van der Waals surface area (Å²) in [6, 6.07) is 18.5. The van der Waals surface area contributed by atoms with E-state index in [1.807, 2.05) is 35.1 Å². The zero-order valence-electron chi connectivity index (χ0n) is 16.0. The van der Waals surface area contributed by atoms with Crippen molar-refractivity contribution in [1.29, 1.82) is 0 Å². The fraction of sp³-hybridized carbons (Fsp3) is 0.150. The number of rotatable bonds is 6. The van der Waals surface area contributed by atoms with Gasteiger partial charge in [0.1, 0.15) is 0 Å². The first-order valence-electron chi connectivity index (χ1n) is 8.86. The number of para-hydroxylation sites is 1. The predicted octanol–water partition coefficient (Wildman–Crippen LogP) is 3.17. The quantitative estimate of drug-likeness (QED) is 0.648. The van der Waals surface area contributed by atoms with E-state index in [0.717, 1.165) is 9.87 Å². The first-order chi connectivity index (χ1) is 13.8. The second-order valence-corrected chi connectivity index (χ2v) is 7.96. The molecule has 150 valence electrons. The summed E-state index contributed by atoms with van der Waals surface area (Å²) in [5.74, 6) is 0.0320. The molecule has 1 aromatic heterocycles. The van der Waals surface area contributed by atoms with E-state index in [4.69, 9.17) is 0 Å². The Morgan fingerprint density at radius 2 is 1.48 bits per heavy atom. The summed E-state index contributed by atoms with van der Waals surface area (Å²) < 4.78 is 29.1. The number of carbonyl (C=O) groups excluding carboxylic acids is 1. The molecule has 0 radical (unpaired) electrons. The van der Waals surface area contributed by atoms with Gasteiger partial charge >= 0.3 is 16.2 Å². The van der Waals surface area contributed by atoms with Crippen LogP contribution < -0.4 is 14.3 Å². The van der Waals surface area contributed by atoms with Crippen LogP contribution in [0.5, 0.6) is 0 Å². The molecule has 0 saturated carbocycles. The fourth-order valence-electron chi connectivity index (χ4n) is 2.74. The normalized spacial score (nSPS) is 11.0. The van der Waals surface area contributed by atoms with Gasteiger partial charge in [-0.2, -0.15) is 8.42 Å². The lowest BCUT2D eigenvalue weighted by atomic mass is 10.2. The van der Waals surface area contributed by atoms with E-state index in [2.05, 4.69) is 15.3 Å². The van der Waals surface area contributed by atoms with Crippen LogP contribution >= 0.6 is 0 Å². The van der Waals surface area contributed by atoms with Gasteiger partial charge in [0.05, 0.1) is 12.2 Å². The molecule has 9 heteroatoms. The number of benzene rings is 2. The van der Waals surface area contributed by atoms with Crippen LogP contribution in [0.2, 0.25) is 0 Å². The van der Waals surface area contributed by atoms with Crippen molar-refractivity contribution in [3.05, 3.63) is 83.7 Å². The molecule has 8 nitrogen and oxygen atoms in total. The third-order valence-electron chi connectivity index (χ3n) is 3.93. The zero-order valence-corrected chi connectivity index (χ0v) is 16.8. The van der Waals surface area contributed by atoms with Crippen molar-refractivity contribution in [3.63, 3.8) is 0 Å². The number of carbonyl (C=O) groups is 1. The lowest BCUT2D eigenvalue weighted by molar-refractivity contribution is 0.256. The first kappa shape index (κ1) is 20.3. The first-order valence-corrected chi connectivity index (χ1v) is 10.3. The summed E-state index contributed by atoms with van der Waals surface area (Å²) in [5, 5.41) is 2.37. The summed E-state index contributed by atoms with van der Waals surface area (Å²) in [4.78, 5) is 20.5. The van der Waals surface area contributed by atoms with Gasteiger partial charge in [-0.15, -0.1) is 0 Å². The molecule has 1 heterocycles. The van der Waals surface area contributed by atoms with Crippen molar-refractivity contribution in [2.24, 2.45) is 0 Å². The average Bonchev–Trinajstić information content (AvgIpc) is 2.66. The minimum absolute atomic E-state index is 0.0320. The summed E-state index contributed by atoms with van der Waals surface area (Å²) in [7, 11) is -4.20. The van der Waals surface area contributed by atoms with E-state index >= 15 is 0 Å². The predicted molar refractivity (Wildman–Crippen MR) is 112 cm³/mol. The largest absolute Gasteiger partial charge is 0.336 e. The maximum absolute atomic E-state index is 13.0. The second-order valence-electron chi connectivity index (χ2n) is 6.36. The van der Waals surface area contributed by atoms with Crippen molar-refractivity contribution >= 4 is 27.9 Å². The Balaban J connectivity index is 1.83. The molecule has 0 spiro atoms. The molecule has 0 aliphatic carbocycles. The summed E-state index contributed by atoms with van der Waals surface area (Å²) in [5.41, 5.74) is 2.52.